The summed E-state index contributed by atoms with van der Waals surface area (Å²) < 4.78 is 0. The van der Waals surface area contributed by atoms with Gasteiger partial charge < -0.3 is 5.11 Å². The molecule has 1 saturated carbocycles. The van der Waals surface area contributed by atoms with Gasteiger partial charge in [0.1, 0.15) is 0 Å². The van der Waals surface area contributed by atoms with Crippen LogP contribution in [0.1, 0.15) is 19.4 Å². The van der Waals surface area contributed by atoms with E-state index in [0.717, 1.165) is 11.5 Å². The van der Waals surface area contributed by atoms with Crippen molar-refractivity contribution in [2.45, 2.75) is 19.6 Å². The molecular formula is C14H18O2S. The molecule has 1 N–H and O–H groups in total. The maximum atomic E-state index is 11.0. The van der Waals surface area contributed by atoms with Gasteiger partial charge in [-0.1, -0.05) is 44.2 Å². The van der Waals surface area contributed by atoms with Crippen LogP contribution in [0.15, 0.2) is 30.3 Å². The summed E-state index contributed by atoms with van der Waals surface area (Å²) >= 11 is 1.84. The molecule has 0 bridgehead atoms. The Balaban J connectivity index is 1.79. The smallest absolute Gasteiger partial charge is 0.307 e. The summed E-state index contributed by atoms with van der Waals surface area (Å²) in [6, 6.07) is 10.3. The molecule has 0 amide bonds. The lowest BCUT2D eigenvalue weighted by atomic mass is 10.1. The molecular weight excluding hydrogens is 232 g/mol. The van der Waals surface area contributed by atoms with Crippen LogP contribution in [-0.4, -0.2) is 16.8 Å². The minimum atomic E-state index is -0.639. The van der Waals surface area contributed by atoms with Gasteiger partial charge >= 0.3 is 5.97 Å². The molecule has 0 spiro atoms. The average Bonchev–Trinajstić information content (AvgIpc) is 2.82. The number of aliphatic carboxylic acids is 1. The van der Waals surface area contributed by atoms with E-state index in [1.807, 2.05) is 30.0 Å². The fourth-order valence-corrected chi connectivity index (χ4v) is 3.85. The van der Waals surface area contributed by atoms with Crippen LogP contribution >= 0.6 is 11.8 Å². The third-order valence-corrected chi connectivity index (χ3v) is 4.86. The molecule has 1 fully saturated rings. The molecule has 1 unspecified atom stereocenters. The first-order valence-corrected chi connectivity index (χ1v) is 7.03. The second kappa shape index (κ2) is 4.73. The van der Waals surface area contributed by atoms with Gasteiger partial charge in [0.15, 0.2) is 0 Å². The van der Waals surface area contributed by atoms with Gasteiger partial charge in [-0.3, -0.25) is 4.79 Å². The molecule has 92 valence electrons. The molecule has 1 aromatic carbocycles. The molecule has 1 aliphatic rings. The summed E-state index contributed by atoms with van der Waals surface area (Å²) in [6.07, 6.45) is 0. The van der Waals surface area contributed by atoms with Gasteiger partial charge in [0.25, 0.3) is 0 Å². The lowest BCUT2D eigenvalue weighted by Crippen LogP contribution is -2.03. The minimum absolute atomic E-state index is 0.0183. The second-order valence-corrected chi connectivity index (χ2v) is 6.27. The number of carbonyl (C=O) groups is 1. The molecule has 0 heterocycles. The first-order chi connectivity index (χ1) is 8.03. The third-order valence-electron chi connectivity index (χ3n) is 3.73. The second-order valence-electron chi connectivity index (χ2n) is 5.24. The van der Waals surface area contributed by atoms with Crippen molar-refractivity contribution >= 4 is 17.7 Å². The fourth-order valence-electron chi connectivity index (χ4n) is 2.42. The SMILES string of the molecule is CC1(C)C(CSCc2ccccc2)[C@H]1C(=O)O. The Morgan fingerprint density at radius 3 is 2.53 bits per heavy atom. The van der Waals surface area contributed by atoms with E-state index in [1.54, 1.807) is 0 Å². The number of rotatable bonds is 5. The normalized spacial score (nSPS) is 25.5. The Labute approximate surface area is 106 Å². The minimum Gasteiger partial charge on any atom is -0.481 e. The molecule has 17 heavy (non-hydrogen) atoms. The maximum absolute atomic E-state index is 11.0. The topological polar surface area (TPSA) is 37.3 Å². The highest BCUT2D eigenvalue weighted by Crippen LogP contribution is 2.59. The van der Waals surface area contributed by atoms with Crippen molar-refractivity contribution in [3.05, 3.63) is 35.9 Å². The zero-order valence-corrected chi connectivity index (χ0v) is 11.0. The average molecular weight is 250 g/mol. The molecule has 0 saturated heterocycles. The lowest BCUT2D eigenvalue weighted by Gasteiger charge is -2.03. The summed E-state index contributed by atoms with van der Waals surface area (Å²) in [5, 5.41) is 9.07. The zero-order valence-electron chi connectivity index (χ0n) is 10.2. The van der Waals surface area contributed by atoms with Crippen molar-refractivity contribution in [2.24, 2.45) is 17.3 Å². The molecule has 2 atom stereocenters. The van der Waals surface area contributed by atoms with Crippen molar-refractivity contribution in [3.63, 3.8) is 0 Å². The number of benzene rings is 1. The molecule has 1 aliphatic carbocycles. The van der Waals surface area contributed by atoms with Gasteiger partial charge in [-0.05, 0) is 22.6 Å². The highest BCUT2D eigenvalue weighted by atomic mass is 32.2. The largest absolute Gasteiger partial charge is 0.481 e. The van der Waals surface area contributed by atoms with Crippen LogP contribution < -0.4 is 0 Å². The predicted octanol–water partition coefficient (Wildman–Crippen LogP) is 3.28. The Morgan fingerprint density at radius 2 is 2.00 bits per heavy atom. The Hall–Kier alpha value is -0.960. The van der Waals surface area contributed by atoms with E-state index in [1.165, 1.54) is 5.56 Å². The molecule has 1 aromatic rings. The summed E-state index contributed by atoms with van der Waals surface area (Å²) in [6.45, 7) is 4.11. The maximum Gasteiger partial charge on any atom is 0.307 e. The Morgan fingerprint density at radius 1 is 1.35 bits per heavy atom. The predicted molar refractivity (Wildman–Crippen MR) is 71.0 cm³/mol. The molecule has 2 rings (SSSR count). The van der Waals surface area contributed by atoms with E-state index in [0.29, 0.717) is 5.92 Å². The van der Waals surface area contributed by atoms with Gasteiger partial charge in [-0.25, -0.2) is 0 Å². The van der Waals surface area contributed by atoms with Crippen molar-refractivity contribution in [1.29, 1.82) is 0 Å². The van der Waals surface area contributed by atoms with E-state index in [9.17, 15) is 4.79 Å². The van der Waals surface area contributed by atoms with Crippen molar-refractivity contribution in [2.75, 3.05) is 5.75 Å². The summed E-state index contributed by atoms with van der Waals surface area (Å²) in [7, 11) is 0. The van der Waals surface area contributed by atoms with Crippen LogP contribution in [0.3, 0.4) is 0 Å². The monoisotopic (exact) mass is 250 g/mol. The molecule has 2 nitrogen and oxygen atoms in total. The number of thioether (sulfide) groups is 1. The van der Waals surface area contributed by atoms with E-state index in [4.69, 9.17) is 5.11 Å². The highest BCUT2D eigenvalue weighted by molar-refractivity contribution is 7.98. The lowest BCUT2D eigenvalue weighted by molar-refractivity contribution is -0.139. The van der Waals surface area contributed by atoms with Gasteiger partial charge in [0.05, 0.1) is 5.92 Å². The van der Waals surface area contributed by atoms with Crippen molar-refractivity contribution in [1.82, 2.24) is 0 Å². The van der Waals surface area contributed by atoms with Gasteiger partial charge in [-0.2, -0.15) is 11.8 Å². The van der Waals surface area contributed by atoms with Crippen LogP contribution in [0.2, 0.25) is 0 Å². The van der Waals surface area contributed by atoms with Crippen LogP contribution in [0.4, 0.5) is 0 Å². The van der Waals surface area contributed by atoms with Gasteiger partial charge in [0, 0.05) is 5.75 Å². The molecule has 0 radical (unpaired) electrons. The van der Waals surface area contributed by atoms with E-state index >= 15 is 0 Å². The standard InChI is InChI=1S/C14H18O2S/c1-14(2)11(12(14)13(15)16)9-17-8-10-6-4-3-5-7-10/h3-7,11-12H,8-9H2,1-2H3,(H,15,16)/t11?,12-/m0/s1. The van der Waals surface area contributed by atoms with Crippen molar-refractivity contribution < 1.29 is 9.90 Å². The van der Waals surface area contributed by atoms with Crippen LogP contribution in [-0.2, 0) is 10.5 Å². The van der Waals surface area contributed by atoms with Crippen LogP contribution in [0, 0.1) is 17.3 Å². The van der Waals surface area contributed by atoms with Gasteiger partial charge in [0.2, 0.25) is 0 Å². The molecule has 3 heteroatoms. The number of carboxylic acids is 1. The van der Waals surface area contributed by atoms with Gasteiger partial charge in [-0.15, -0.1) is 0 Å². The highest BCUT2D eigenvalue weighted by Gasteiger charge is 2.61. The number of hydrogen-bond donors (Lipinski definition) is 1. The third kappa shape index (κ3) is 2.65. The summed E-state index contributed by atoms with van der Waals surface area (Å²) in [4.78, 5) is 11.0. The molecule has 0 aromatic heterocycles. The van der Waals surface area contributed by atoms with Crippen molar-refractivity contribution in [3.8, 4) is 0 Å². The fraction of sp³-hybridized carbons (Fsp3) is 0.500. The quantitative estimate of drug-likeness (QED) is 0.871. The molecule has 0 aliphatic heterocycles. The summed E-state index contributed by atoms with van der Waals surface area (Å²) in [5.41, 5.74) is 1.29. The Kier molecular flexibility index (Phi) is 3.48. The first kappa shape index (κ1) is 12.5. The van der Waals surface area contributed by atoms with Crippen LogP contribution in [0.5, 0.6) is 0 Å². The summed E-state index contributed by atoms with van der Waals surface area (Å²) in [5.74, 6) is 1.46. The Bertz CT molecular complexity index is 400. The van der Waals surface area contributed by atoms with E-state index < -0.39 is 5.97 Å². The van der Waals surface area contributed by atoms with Crippen LogP contribution in [0.25, 0.3) is 0 Å². The zero-order chi connectivity index (χ0) is 12.5. The van der Waals surface area contributed by atoms with E-state index in [2.05, 4.69) is 26.0 Å². The van der Waals surface area contributed by atoms with E-state index in [-0.39, 0.29) is 11.3 Å². The first-order valence-electron chi connectivity index (χ1n) is 5.88. The number of hydrogen-bond acceptors (Lipinski definition) is 2. The number of carboxylic acid groups (broad SMARTS) is 1.